The predicted octanol–water partition coefficient (Wildman–Crippen LogP) is 7.10. The molecular formula is C28H23Cl2N3O2S. The summed E-state index contributed by atoms with van der Waals surface area (Å²) in [4.78, 5) is 17.0. The van der Waals surface area contributed by atoms with Crippen LogP contribution in [0.15, 0.2) is 77.3 Å². The number of hydrogen-bond donors (Lipinski definition) is 0. The Morgan fingerprint density at radius 3 is 2.58 bits per heavy atom. The van der Waals surface area contributed by atoms with Crippen LogP contribution in [0.5, 0.6) is 5.75 Å². The second-order valence-corrected chi connectivity index (χ2v) is 10.5. The largest absolute Gasteiger partial charge is 0.489 e. The summed E-state index contributed by atoms with van der Waals surface area (Å²) in [6, 6.07) is 23.5. The van der Waals surface area contributed by atoms with E-state index in [1.54, 1.807) is 4.90 Å². The number of allylic oxidation sites excluding steroid dienone is 1. The number of anilines is 1. The number of nitrogens with zero attached hydrogens (tertiary/aromatic N) is 3. The van der Waals surface area contributed by atoms with Gasteiger partial charge in [0, 0.05) is 33.6 Å². The first kappa shape index (κ1) is 24.6. The van der Waals surface area contributed by atoms with Crippen LogP contribution < -0.4 is 9.64 Å². The number of fused-ring (bicyclic) bond motifs is 1. The van der Waals surface area contributed by atoms with Crippen LogP contribution in [0.25, 0.3) is 0 Å². The molecule has 1 unspecified atom stereocenters. The Morgan fingerprint density at radius 1 is 1.08 bits per heavy atom. The Balaban J connectivity index is 1.33. The maximum Gasteiger partial charge on any atom is 0.229 e. The maximum atomic E-state index is 13.2. The maximum absolute atomic E-state index is 13.2. The van der Waals surface area contributed by atoms with Crippen molar-refractivity contribution in [3.63, 3.8) is 0 Å². The lowest BCUT2D eigenvalue weighted by atomic mass is 9.86. The minimum Gasteiger partial charge on any atom is -0.489 e. The first-order valence-electron chi connectivity index (χ1n) is 11.5. The molecule has 0 aromatic heterocycles. The molecule has 1 saturated heterocycles. The fourth-order valence-corrected chi connectivity index (χ4v) is 5.89. The summed E-state index contributed by atoms with van der Waals surface area (Å²) in [5.74, 6) is 1.06. The minimum absolute atomic E-state index is 0.00320. The third-order valence-electron chi connectivity index (χ3n) is 6.45. The van der Waals surface area contributed by atoms with Gasteiger partial charge in [0.15, 0.2) is 0 Å². The van der Waals surface area contributed by atoms with Gasteiger partial charge in [-0.2, -0.15) is 5.26 Å². The molecule has 1 amide bonds. The van der Waals surface area contributed by atoms with E-state index in [0.29, 0.717) is 40.5 Å². The number of rotatable bonds is 5. The second kappa shape index (κ2) is 10.5. The zero-order chi connectivity index (χ0) is 25.2. The third-order valence-corrected chi connectivity index (χ3v) is 8.38. The molecule has 0 spiro atoms. The number of aryl methyl sites for hydroxylation is 1. The summed E-state index contributed by atoms with van der Waals surface area (Å²) in [7, 11) is 0. The van der Waals surface area contributed by atoms with Gasteiger partial charge in [0.25, 0.3) is 0 Å². The number of nitriles is 1. The van der Waals surface area contributed by atoms with E-state index in [9.17, 15) is 10.1 Å². The quantitative estimate of drug-likeness (QED) is 0.348. The van der Waals surface area contributed by atoms with Gasteiger partial charge in [-0.05, 0) is 48.4 Å². The normalized spacial score (nSPS) is 17.6. The van der Waals surface area contributed by atoms with Gasteiger partial charge in [-0.3, -0.25) is 9.69 Å². The van der Waals surface area contributed by atoms with E-state index in [0.717, 1.165) is 27.4 Å². The highest BCUT2D eigenvalue weighted by molar-refractivity contribution is 8.03. The van der Waals surface area contributed by atoms with Crippen LogP contribution in [-0.4, -0.2) is 23.4 Å². The van der Waals surface area contributed by atoms with Crippen LogP contribution in [0.4, 0.5) is 5.69 Å². The molecule has 2 heterocycles. The van der Waals surface area contributed by atoms with Gasteiger partial charge in [0.05, 0.1) is 29.2 Å². The topological polar surface area (TPSA) is 56.6 Å². The number of carbonyl (C=O) groups is 1. The first-order chi connectivity index (χ1) is 17.4. The van der Waals surface area contributed by atoms with Crippen LogP contribution in [0.2, 0.25) is 10.0 Å². The Labute approximate surface area is 224 Å². The highest BCUT2D eigenvalue weighted by atomic mass is 35.5. The first-order valence-corrected chi connectivity index (χ1v) is 13.2. The lowest BCUT2D eigenvalue weighted by Crippen LogP contribution is -2.47. The van der Waals surface area contributed by atoms with Gasteiger partial charge in [0.1, 0.15) is 12.4 Å². The molecule has 0 saturated carbocycles. The van der Waals surface area contributed by atoms with Crippen molar-refractivity contribution in [2.45, 2.75) is 25.9 Å². The SMILES string of the molecule is Cc1ccc(N2CSC3=C(C#N)C(c4ccc(OCc5ccccc5Cl)cc4)CC(=O)N3C2)cc1Cl. The Morgan fingerprint density at radius 2 is 1.86 bits per heavy atom. The number of benzene rings is 3. The van der Waals surface area contributed by atoms with Crippen LogP contribution in [0.3, 0.4) is 0 Å². The lowest BCUT2D eigenvalue weighted by Gasteiger charge is -2.42. The van der Waals surface area contributed by atoms with Crippen molar-refractivity contribution in [3.05, 3.63) is 104 Å². The van der Waals surface area contributed by atoms with E-state index in [1.165, 1.54) is 11.8 Å². The summed E-state index contributed by atoms with van der Waals surface area (Å²) in [6.45, 7) is 2.72. The molecule has 1 atom stereocenters. The lowest BCUT2D eigenvalue weighted by molar-refractivity contribution is -0.129. The van der Waals surface area contributed by atoms with Crippen molar-refractivity contribution in [3.8, 4) is 11.8 Å². The minimum atomic E-state index is -0.278. The van der Waals surface area contributed by atoms with Gasteiger partial charge < -0.3 is 9.64 Å². The molecule has 1 fully saturated rings. The number of hydrogen-bond acceptors (Lipinski definition) is 5. The molecule has 8 heteroatoms. The predicted molar refractivity (Wildman–Crippen MR) is 145 cm³/mol. The monoisotopic (exact) mass is 535 g/mol. The van der Waals surface area contributed by atoms with E-state index < -0.39 is 0 Å². The van der Waals surface area contributed by atoms with E-state index in [4.69, 9.17) is 27.9 Å². The van der Waals surface area contributed by atoms with E-state index in [-0.39, 0.29) is 18.2 Å². The summed E-state index contributed by atoms with van der Waals surface area (Å²) in [5, 5.41) is 12.2. The average molecular weight is 536 g/mol. The number of ether oxygens (including phenoxy) is 1. The molecule has 0 radical (unpaired) electrons. The van der Waals surface area contributed by atoms with Crippen LogP contribution in [0, 0.1) is 18.3 Å². The van der Waals surface area contributed by atoms with Crippen molar-refractivity contribution in [1.29, 1.82) is 5.26 Å². The molecular weight excluding hydrogens is 513 g/mol. The Hall–Kier alpha value is -3.11. The molecule has 3 aromatic rings. The van der Waals surface area contributed by atoms with Gasteiger partial charge in [-0.1, -0.05) is 71.4 Å². The van der Waals surface area contributed by atoms with E-state index >= 15 is 0 Å². The van der Waals surface area contributed by atoms with Gasteiger partial charge in [-0.15, -0.1) is 0 Å². The molecule has 182 valence electrons. The number of carbonyl (C=O) groups excluding carboxylic acids is 1. The molecule has 0 N–H and O–H groups in total. The molecule has 2 aliphatic rings. The summed E-state index contributed by atoms with van der Waals surface area (Å²) < 4.78 is 5.89. The number of halogens is 2. The third kappa shape index (κ3) is 4.92. The van der Waals surface area contributed by atoms with Crippen LogP contribution >= 0.6 is 35.0 Å². The van der Waals surface area contributed by atoms with E-state index in [1.807, 2.05) is 73.7 Å². The van der Waals surface area contributed by atoms with Crippen molar-refractivity contribution >= 4 is 46.6 Å². The smallest absolute Gasteiger partial charge is 0.229 e. The Bertz CT molecular complexity index is 1380. The summed E-state index contributed by atoms with van der Waals surface area (Å²) in [6.07, 6.45) is 0.245. The van der Waals surface area contributed by atoms with Crippen molar-refractivity contribution in [2.24, 2.45) is 0 Å². The van der Waals surface area contributed by atoms with Crippen molar-refractivity contribution in [1.82, 2.24) is 4.90 Å². The molecule has 3 aromatic carbocycles. The standard InChI is InChI=1S/C28H23Cl2N3O2S/c1-18-6-9-21(12-26(18)30)32-16-33-27(34)13-23(24(14-31)28(33)36-17-32)19-7-10-22(11-8-19)35-15-20-4-2-3-5-25(20)29/h2-12,23H,13,15-17H2,1H3. The zero-order valence-corrected chi connectivity index (χ0v) is 21.9. The fraction of sp³-hybridized carbons (Fsp3) is 0.214. The van der Waals surface area contributed by atoms with Crippen molar-refractivity contribution in [2.75, 3.05) is 17.4 Å². The van der Waals surface area contributed by atoms with Crippen LogP contribution in [0.1, 0.15) is 29.0 Å². The fourth-order valence-electron chi connectivity index (χ4n) is 4.36. The average Bonchev–Trinajstić information content (AvgIpc) is 2.90. The number of amides is 1. The highest BCUT2D eigenvalue weighted by Gasteiger charge is 2.38. The molecule has 5 nitrogen and oxygen atoms in total. The van der Waals surface area contributed by atoms with E-state index in [2.05, 4.69) is 11.0 Å². The second-order valence-electron chi connectivity index (χ2n) is 8.75. The van der Waals surface area contributed by atoms with Crippen LogP contribution in [-0.2, 0) is 11.4 Å². The molecule has 0 aliphatic carbocycles. The summed E-state index contributed by atoms with van der Waals surface area (Å²) >= 11 is 14.0. The van der Waals surface area contributed by atoms with Gasteiger partial charge >= 0.3 is 0 Å². The zero-order valence-electron chi connectivity index (χ0n) is 19.6. The molecule has 36 heavy (non-hydrogen) atoms. The molecule has 2 aliphatic heterocycles. The highest BCUT2D eigenvalue weighted by Crippen LogP contribution is 2.43. The number of thioether (sulfide) groups is 1. The van der Waals surface area contributed by atoms with Gasteiger partial charge in [0.2, 0.25) is 5.91 Å². The molecule has 0 bridgehead atoms. The van der Waals surface area contributed by atoms with Crippen molar-refractivity contribution < 1.29 is 9.53 Å². The Kier molecular flexibility index (Phi) is 7.15. The van der Waals surface area contributed by atoms with Gasteiger partial charge in [-0.25, -0.2) is 0 Å². The molecule has 5 rings (SSSR count). The summed E-state index contributed by atoms with van der Waals surface area (Å²) in [5.41, 5.74) is 4.43.